The molecule has 2 saturated carbocycles. The number of carboxylic acid groups (broad SMARTS) is 1. The number of ether oxygens (including phenoxy) is 2. The van der Waals surface area contributed by atoms with Crippen molar-refractivity contribution in [3.05, 3.63) is 52.5 Å². The summed E-state index contributed by atoms with van der Waals surface area (Å²) in [6.45, 7) is 0.417. The van der Waals surface area contributed by atoms with E-state index in [1.165, 1.54) is 0 Å². The Morgan fingerprint density at radius 1 is 1.13 bits per heavy atom. The zero-order chi connectivity index (χ0) is 27.0. The van der Waals surface area contributed by atoms with Crippen LogP contribution in [0.3, 0.4) is 0 Å². The van der Waals surface area contributed by atoms with Gasteiger partial charge in [0.25, 0.3) is 0 Å². The summed E-state index contributed by atoms with van der Waals surface area (Å²) < 4.78 is 11.9. The first-order chi connectivity index (χ1) is 18.9. The Kier molecular flexibility index (Phi) is 6.71. The quantitative estimate of drug-likeness (QED) is 0.214. The van der Waals surface area contributed by atoms with E-state index in [0.29, 0.717) is 18.7 Å². The molecule has 2 fully saturated rings. The third-order valence-corrected chi connectivity index (χ3v) is 8.14. The molecule has 202 valence electrons. The predicted molar refractivity (Wildman–Crippen MR) is 145 cm³/mol. The van der Waals surface area contributed by atoms with Crippen molar-refractivity contribution in [1.82, 2.24) is 30.5 Å². The lowest BCUT2D eigenvalue weighted by molar-refractivity contribution is -0.0365. The molecule has 0 aliphatic heterocycles. The molecule has 4 aromatic rings. The van der Waals surface area contributed by atoms with E-state index >= 15 is 0 Å². The number of aromatic amines is 2. The number of halogens is 1. The van der Waals surface area contributed by atoms with Gasteiger partial charge in [-0.05, 0) is 82.6 Å². The van der Waals surface area contributed by atoms with Crippen LogP contribution in [0.4, 0.5) is 9.59 Å². The number of hydrogen-bond acceptors (Lipinski definition) is 7. The summed E-state index contributed by atoms with van der Waals surface area (Å²) in [5, 5.41) is 24.6. The summed E-state index contributed by atoms with van der Waals surface area (Å²) in [6.07, 6.45) is 2.75. The minimum Gasteiger partial charge on any atom is -0.450 e. The molecule has 0 radical (unpaired) electrons. The molecule has 11 nitrogen and oxygen atoms in total. The number of amides is 1. The zero-order valence-corrected chi connectivity index (χ0v) is 22.6. The van der Waals surface area contributed by atoms with Crippen LogP contribution in [0.5, 0.6) is 0 Å². The van der Waals surface area contributed by atoms with E-state index in [9.17, 15) is 14.7 Å². The molecule has 0 atom stereocenters. The smallest absolute Gasteiger partial charge is 0.450 e. The first kappa shape index (κ1) is 25.4. The highest BCUT2D eigenvalue weighted by molar-refractivity contribution is 9.10. The summed E-state index contributed by atoms with van der Waals surface area (Å²) in [5.74, 6) is 0.561. The average Bonchev–Trinajstić information content (AvgIpc) is 3.28. The van der Waals surface area contributed by atoms with Gasteiger partial charge in [-0.15, -0.1) is 5.10 Å². The van der Waals surface area contributed by atoms with Gasteiger partial charge in [0, 0.05) is 28.6 Å². The molecule has 39 heavy (non-hydrogen) atoms. The highest BCUT2D eigenvalue weighted by Crippen LogP contribution is 2.39. The van der Waals surface area contributed by atoms with Gasteiger partial charge in [-0.1, -0.05) is 30.3 Å². The van der Waals surface area contributed by atoms with E-state index in [0.717, 1.165) is 63.4 Å². The van der Waals surface area contributed by atoms with Crippen molar-refractivity contribution >= 4 is 39.1 Å². The van der Waals surface area contributed by atoms with Gasteiger partial charge in [0.05, 0.1) is 16.7 Å². The number of fused-ring (bicyclic) bond motifs is 1. The highest BCUT2D eigenvalue weighted by Gasteiger charge is 2.42. The summed E-state index contributed by atoms with van der Waals surface area (Å²) in [6, 6.07) is 13.8. The molecule has 1 amide bonds. The zero-order valence-electron chi connectivity index (χ0n) is 21.0. The summed E-state index contributed by atoms with van der Waals surface area (Å²) in [7, 11) is 0. The van der Waals surface area contributed by atoms with Crippen LogP contribution < -0.4 is 0 Å². The summed E-state index contributed by atoms with van der Waals surface area (Å²) in [4.78, 5) is 29.7. The molecule has 3 N–H and O–H groups in total. The lowest BCUT2D eigenvalue weighted by Gasteiger charge is -2.33. The van der Waals surface area contributed by atoms with Crippen LogP contribution in [0.1, 0.15) is 44.1 Å². The molecular weight excluding hydrogens is 568 g/mol. The molecule has 12 heteroatoms. The Bertz CT molecular complexity index is 1510. The van der Waals surface area contributed by atoms with Crippen molar-refractivity contribution < 1.29 is 24.2 Å². The molecule has 6 rings (SSSR count). The normalized spacial score (nSPS) is 16.3. The predicted octanol–water partition coefficient (Wildman–Crippen LogP) is 5.89. The van der Waals surface area contributed by atoms with E-state index in [1.807, 2.05) is 42.5 Å². The number of hydrogen-bond donors (Lipinski definition) is 3. The molecule has 0 saturated heterocycles. The topological polar surface area (TPSA) is 146 Å². The molecule has 2 aromatic heterocycles. The molecule has 0 bridgehead atoms. The Morgan fingerprint density at radius 3 is 2.59 bits per heavy atom. The van der Waals surface area contributed by atoms with Crippen molar-refractivity contribution in [1.29, 1.82) is 0 Å². The van der Waals surface area contributed by atoms with Crippen molar-refractivity contribution in [2.24, 2.45) is 0 Å². The van der Waals surface area contributed by atoms with Gasteiger partial charge < -0.3 is 19.6 Å². The molecule has 2 aliphatic rings. The van der Waals surface area contributed by atoms with E-state index < -0.39 is 17.8 Å². The molecule has 2 heterocycles. The molecule has 0 unspecified atom stereocenters. The highest BCUT2D eigenvalue weighted by atomic mass is 79.9. The number of nitrogens with one attached hydrogen (secondary N) is 2. The maximum atomic E-state index is 13.1. The fourth-order valence-electron chi connectivity index (χ4n) is 5.32. The van der Waals surface area contributed by atoms with E-state index in [2.05, 4.69) is 41.5 Å². The van der Waals surface area contributed by atoms with E-state index in [-0.39, 0.29) is 19.2 Å². The number of rotatable bonds is 8. The molecule has 2 aliphatic carbocycles. The first-order valence-electron chi connectivity index (χ1n) is 12.9. The molecule has 0 spiro atoms. The first-order valence-corrected chi connectivity index (χ1v) is 13.7. The van der Waals surface area contributed by atoms with E-state index in [1.54, 1.807) is 4.90 Å². The maximum Gasteiger partial charge on any atom is 0.506 e. The number of H-pyrrole nitrogens is 2. The molecule has 2 aromatic carbocycles. The van der Waals surface area contributed by atoms with E-state index in [4.69, 9.17) is 9.47 Å². The largest absolute Gasteiger partial charge is 0.506 e. The van der Waals surface area contributed by atoms with Crippen molar-refractivity contribution in [2.75, 3.05) is 6.54 Å². The van der Waals surface area contributed by atoms with Gasteiger partial charge >= 0.3 is 12.2 Å². The maximum absolute atomic E-state index is 13.1. The van der Waals surface area contributed by atoms with Crippen LogP contribution in [-0.2, 0) is 16.0 Å². The van der Waals surface area contributed by atoms with Gasteiger partial charge in [0.2, 0.25) is 0 Å². The number of benzene rings is 2. The van der Waals surface area contributed by atoms with Crippen LogP contribution >= 0.6 is 15.9 Å². The Balaban J connectivity index is 1.31. The fraction of sp³-hybridized carbons (Fsp3) is 0.370. The van der Waals surface area contributed by atoms with Gasteiger partial charge in [-0.2, -0.15) is 0 Å². The third kappa shape index (κ3) is 5.33. The van der Waals surface area contributed by atoms with Gasteiger partial charge in [0.1, 0.15) is 11.7 Å². The van der Waals surface area contributed by atoms with Crippen LogP contribution in [0.25, 0.3) is 33.5 Å². The number of tetrazole rings is 1. The Morgan fingerprint density at radius 2 is 1.90 bits per heavy atom. The second kappa shape index (κ2) is 10.3. The average molecular weight is 595 g/mol. The standard InChI is InChI=1S/C27H27BrN6O5/c28-22-20-13-16(7-10-21(20)29-23(22)18-5-1-2-6-19(18)24-30-32-33-31-24)14-34(25(35)38-17-8-9-17)15-27(39-26(36)37)11-3-4-12-27/h1-2,5-7,10,13,17,29H,3-4,8-9,11-12,14-15H2,(H,36,37)(H,30,31,32,33). The molecular formula is C27H27BrN6O5. The third-order valence-electron chi connectivity index (χ3n) is 7.32. The van der Waals surface area contributed by atoms with Crippen LogP contribution in [0.15, 0.2) is 46.9 Å². The van der Waals surface area contributed by atoms with Crippen LogP contribution in [0.2, 0.25) is 0 Å². The number of aromatic nitrogens is 5. The Hall–Kier alpha value is -3.93. The second-order valence-corrected chi connectivity index (χ2v) is 11.0. The minimum atomic E-state index is -1.32. The van der Waals surface area contributed by atoms with Crippen molar-refractivity contribution in [3.8, 4) is 22.6 Å². The van der Waals surface area contributed by atoms with Gasteiger partial charge in [-0.3, -0.25) is 4.90 Å². The lowest BCUT2D eigenvalue weighted by Crippen LogP contribution is -2.46. The Labute approximate surface area is 232 Å². The minimum absolute atomic E-state index is 0.0663. The lowest BCUT2D eigenvalue weighted by atomic mass is 10.0. The summed E-state index contributed by atoms with van der Waals surface area (Å²) in [5.41, 5.74) is 3.53. The number of carbonyl (C=O) groups excluding carboxylic acids is 1. The fourth-order valence-corrected chi connectivity index (χ4v) is 5.96. The van der Waals surface area contributed by atoms with Crippen LogP contribution in [-0.4, -0.2) is 66.1 Å². The second-order valence-electron chi connectivity index (χ2n) is 10.2. The number of carbonyl (C=O) groups is 2. The van der Waals surface area contributed by atoms with Crippen molar-refractivity contribution in [3.63, 3.8) is 0 Å². The summed E-state index contributed by atoms with van der Waals surface area (Å²) >= 11 is 3.78. The number of nitrogens with zero attached hydrogens (tertiary/aromatic N) is 4. The van der Waals surface area contributed by atoms with Gasteiger partial charge in [0.15, 0.2) is 5.82 Å². The van der Waals surface area contributed by atoms with Crippen molar-refractivity contribution in [2.45, 2.75) is 56.8 Å². The SMILES string of the molecule is O=C(O)OC1(CN(Cc2ccc3[nH]c(-c4ccccc4-c4nnn[nH]4)c(Br)c3c2)C(=O)OC2CC2)CCCC1. The van der Waals surface area contributed by atoms with Gasteiger partial charge in [-0.25, -0.2) is 14.7 Å². The monoisotopic (exact) mass is 594 g/mol. The van der Waals surface area contributed by atoms with Crippen LogP contribution in [0, 0.1) is 0 Å².